The molecule has 2 atom stereocenters. The van der Waals surface area contributed by atoms with E-state index >= 15 is 0 Å². The van der Waals surface area contributed by atoms with Gasteiger partial charge in [0.1, 0.15) is 0 Å². The van der Waals surface area contributed by atoms with Crippen LogP contribution in [0.1, 0.15) is 67.4 Å². The monoisotopic (exact) mass is 362 g/mol. The number of hydrogen-bond donors (Lipinski definition) is 2. The average Bonchev–Trinajstić information content (AvgIpc) is 3.54. The summed E-state index contributed by atoms with van der Waals surface area (Å²) >= 11 is 0. The number of carbonyl (C=O) groups is 1. The van der Waals surface area contributed by atoms with Gasteiger partial charge in [-0.2, -0.15) is 0 Å². The first-order valence-corrected chi connectivity index (χ1v) is 10.2. The van der Waals surface area contributed by atoms with Crippen molar-refractivity contribution in [2.75, 3.05) is 11.9 Å². The van der Waals surface area contributed by atoms with Crippen LogP contribution in [0.15, 0.2) is 48.5 Å². The van der Waals surface area contributed by atoms with Crippen molar-refractivity contribution in [1.82, 2.24) is 5.32 Å². The molecule has 0 heterocycles. The Hall–Kier alpha value is -2.13. The normalized spacial score (nSPS) is 21.7. The molecule has 3 heteroatoms. The zero-order chi connectivity index (χ0) is 19.0. The lowest BCUT2D eigenvalue weighted by Gasteiger charge is -2.19. The topological polar surface area (TPSA) is 41.1 Å². The van der Waals surface area contributed by atoms with Crippen LogP contribution in [0.25, 0.3) is 0 Å². The Kier molecular flexibility index (Phi) is 4.81. The second kappa shape index (κ2) is 7.12. The molecule has 2 fully saturated rings. The first kappa shape index (κ1) is 18.2. The van der Waals surface area contributed by atoms with E-state index in [0.29, 0.717) is 17.5 Å². The van der Waals surface area contributed by atoms with Crippen molar-refractivity contribution in [1.29, 1.82) is 0 Å². The van der Waals surface area contributed by atoms with Crippen molar-refractivity contribution in [2.24, 2.45) is 5.92 Å². The van der Waals surface area contributed by atoms with Crippen molar-refractivity contribution in [3.8, 4) is 0 Å². The van der Waals surface area contributed by atoms with Crippen molar-refractivity contribution < 1.29 is 4.79 Å². The molecule has 27 heavy (non-hydrogen) atoms. The molecule has 3 nitrogen and oxygen atoms in total. The molecule has 1 amide bonds. The Labute approximate surface area is 162 Å². The fourth-order valence-electron chi connectivity index (χ4n) is 3.57. The SMILES string of the molecule is CC(C)(C)c1ccc(C(=O)Nc2ccc(C3CC3NCC3CC3)cc2)cc1. The molecule has 4 rings (SSSR count). The van der Waals surface area contributed by atoms with Gasteiger partial charge in [0.25, 0.3) is 5.91 Å². The average molecular weight is 363 g/mol. The Bertz CT molecular complexity index is 798. The number of nitrogens with one attached hydrogen (secondary N) is 2. The van der Waals surface area contributed by atoms with Gasteiger partial charge in [-0.25, -0.2) is 0 Å². The predicted molar refractivity (Wildman–Crippen MR) is 111 cm³/mol. The molecule has 0 saturated heterocycles. The van der Waals surface area contributed by atoms with Crippen LogP contribution >= 0.6 is 0 Å². The fourth-order valence-corrected chi connectivity index (χ4v) is 3.57. The first-order chi connectivity index (χ1) is 12.9. The largest absolute Gasteiger partial charge is 0.322 e. The highest BCUT2D eigenvalue weighted by Crippen LogP contribution is 2.41. The highest BCUT2D eigenvalue weighted by Gasteiger charge is 2.38. The third-order valence-corrected chi connectivity index (χ3v) is 5.77. The van der Waals surface area contributed by atoms with Crippen LogP contribution in [0, 0.1) is 5.92 Å². The van der Waals surface area contributed by atoms with Gasteiger partial charge in [0.05, 0.1) is 0 Å². The molecule has 0 bridgehead atoms. The van der Waals surface area contributed by atoms with E-state index in [1.807, 2.05) is 36.4 Å². The summed E-state index contributed by atoms with van der Waals surface area (Å²) in [6, 6.07) is 16.9. The van der Waals surface area contributed by atoms with E-state index in [0.717, 1.165) is 11.6 Å². The summed E-state index contributed by atoms with van der Waals surface area (Å²) in [5, 5.41) is 6.69. The standard InChI is InChI=1S/C24H30N2O/c1-24(2,3)19-10-6-18(7-11-19)23(27)26-20-12-8-17(9-13-20)21-14-22(21)25-15-16-4-5-16/h6-13,16,21-22,25H,4-5,14-15H2,1-3H3,(H,26,27). The zero-order valence-electron chi connectivity index (χ0n) is 16.6. The van der Waals surface area contributed by atoms with Crippen LogP contribution in [0.2, 0.25) is 0 Å². The van der Waals surface area contributed by atoms with Gasteiger partial charge in [-0.05, 0) is 72.5 Å². The minimum atomic E-state index is -0.0568. The van der Waals surface area contributed by atoms with Crippen LogP contribution in [0.4, 0.5) is 5.69 Å². The maximum absolute atomic E-state index is 12.5. The van der Waals surface area contributed by atoms with Gasteiger partial charge >= 0.3 is 0 Å². The second-order valence-corrected chi connectivity index (χ2v) is 9.20. The summed E-state index contributed by atoms with van der Waals surface area (Å²) in [5.41, 5.74) is 4.25. The molecule has 2 aliphatic rings. The van der Waals surface area contributed by atoms with Crippen LogP contribution in [-0.4, -0.2) is 18.5 Å². The highest BCUT2D eigenvalue weighted by molar-refractivity contribution is 6.04. The molecule has 142 valence electrons. The van der Waals surface area contributed by atoms with E-state index in [9.17, 15) is 4.79 Å². The van der Waals surface area contributed by atoms with Gasteiger partial charge in [0.2, 0.25) is 0 Å². The lowest BCUT2D eigenvalue weighted by molar-refractivity contribution is 0.102. The molecule has 0 aliphatic heterocycles. The number of rotatable bonds is 6. The van der Waals surface area contributed by atoms with Crippen molar-refractivity contribution >= 4 is 11.6 Å². The van der Waals surface area contributed by atoms with Gasteiger partial charge in [-0.1, -0.05) is 45.0 Å². The smallest absolute Gasteiger partial charge is 0.255 e. The Morgan fingerprint density at radius 1 is 1.00 bits per heavy atom. The molecule has 2 saturated carbocycles. The van der Waals surface area contributed by atoms with Crippen LogP contribution in [0.3, 0.4) is 0 Å². The van der Waals surface area contributed by atoms with Crippen molar-refractivity contribution in [3.63, 3.8) is 0 Å². The van der Waals surface area contributed by atoms with Crippen molar-refractivity contribution in [2.45, 2.75) is 57.4 Å². The maximum atomic E-state index is 12.5. The molecule has 2 aliphatic carbocycles. The molecule has 2 aromatic rings. The number of benzene rings is 2. The highest BCUT2D eigenvalue weighted by atomic mass is 16.1. The summed E-state index contributed by atoms with van der Waals surface area (Å²) in [6.45, 7) is 7.71. The molecule has 0 radical (unpaired) electrons. The third kappa shape index (κ3) is 4.59. The predicted octanol–water partition coefficient (Wildman–Crippen LogP) is 5.09. The van der Waals surface area contributed by atoms with E-state index in [1.54, 1.807) is 0 Å². The first-order valence-electron chi connectivity index (χ1n) is 10.2. The summed E-state index contributed by atoms with van der Waals surface area (Å²) < 4.78 is 0. The third-order valence-electron chi connectivity index (χ3n) is 5.77. The van der Waals surface area contributed by atoms with Gasteiger partial charge in [0, 0.05) is 23.2 Å². The van der Waals surface area contributed by atoms with E-state index in [1.165, 1.54) is 36.9 Å². The van der Waals surface area contributed by atoms with Crippen molar-refractivity contribution in [3.05, 3.63) is 65.2 Å². The summed E-state index contributed by atoms with van der Waals surface area (Å²) in [7, 11) is 0. The molecule has 0 aromatic heterocycles. The minimum absolute atomic E-state index is 0.0568. The van der Waals surface area contributed by atoms with Gasteiger partial charge in [-0.3, -0.25) is 4.79 Å². The Morgan fingerprint density at radius 3 is 2.26 bits per heavy atom. The number of carbonyl (C=O) groups excluding carboxylic acids is 1. The summed E-state index contributed by atoms with van der Waals surface area (Å²) in [6.07, 6.45) is 4.04. The lowest BCUT2D eigenvalue weighted by atomic mass is 9.87. The molecule has 2 aromatic carbocycles. The number of hydrogen-bond acceptors (Lipinski definition) is 2. The van der Waals surface area contributed by atoms with Gasteiger partial charge < -0.3 is 10.6 Å². The molecule has 0 spiro atoms. The van der Waals surface area contributed by atoms with E-state index in [-0.39, 0.29) is 11.3 Å². The van der Waals surface area contributed by atoms with Gasteiger partial charge in [0.15, 0.2) is 0 Å². The molecular formula is C24H30N2O. The van der Waals surface area contributed by atoms with Crippen LogP contribution < -0.4 is 10.6 Å². The fraction of sp³-hybridized carbons (Fsp3) is 0.458. The molecule has 2 N–H and O–H groups in total. The minimum Gasteiger partial charge on any atom is -0.322 e. The lowest BCUT2D eigenvalue weighted by Crippen LogP contribution is -2.20. The summed E-state index contributed by atoms with van der Waals surface area (Å²) in [4.78, 5) is 12.5. The van der Waals surface area contributed by atoms with E-state index in [4.69, 9.17) is 0 Å². The van der Waals surface area contributed by atoms with Gasteiger partial charge in [-0.15, -0.1) is 0 Å². The molecule has 2 unspecified atom stereocenters. The second-order valence-electron chi connectivity index (χ2n) is 9.20. The number of anilines is 1. The maximum Gasteiger partial charge on any atom is 0.255 e. The molecular weight excluding hydrogens is 332 g/mol. The number of amides is 1. The zero-order valence-corrected chi connectivity index (χ0v) is 16.6. The Morgan fingerprint density at radius 2 is 1.67 bits per heavy atom. The summed E-state index contributed by atoms with van der Waals surface area (Å²) in [5.74, 6) is 1.51. The van der Waals surface area contributed by atoms with E-state index < -0.39 is 0 Å². The van der Waals surface area contributed by atoms with Crippen LogP contribution in [0.5, 0.6) is 0 Å². The quantitative estimate of drug-likeness (QED) is 0.751. The van der Waals surface area contributed by atoms with Crippen LogP contribution in [-0.2, 0) is 5.41 Å². The van der Waals surface area contributed by atoms with E-state index in [2.05, 4.69) is 43.5 Å². The Balaban J connectivity index is 1.32.